The van der Waals surface area contributed by atoms with Gasteiger partial charge in [0, 0.05) is 24.1 Å². The molecule has 5 aliphatic carbocycles. The average Bonchev–Trinajstić information content (AvgIpc) is 2.85. The zero-order chi connectivity index (χ0) is 26.6. The van der Waals surface area contributed by atoms with Crippen molar-refractivity contribution >= 4 is 17.3 Å². The van der Waals surface area contributed by atoms with Crippen LogP contribution < -0.4 is 11.1 Å². The van der Waals surface area contributed by atoms with Crippen molar-refractivity contribution in [1.82, 2.24) is 5.32 Å². The van der Waals surface area contributed by atoms with Gasteiger partial charge in [0.1, 0.15) is 18.1 Å². The van der Waals surface area contributed by atoms with Crippen LogP contribution in [0.25, 0.3) is 0 Å². The summed E-state index contributed by atoms with van der Waals surface area (Å²) in [6, 6.07) is 0.436. The summed E-state index contributed by atoms with van der Waals surface area (Å²) in [5.41, 5.74) is 3.19. The Labute approximate surface area is 218 Å². The lowest BCUT2D eigenvalue weighted by Crippen LogP contribution is -2.68. The Bertz CT molecular complexity index is 1050. The molecule has 37 heavy (non-hydrogen) atoms. The molecule has 5 aliphatic rings. The molecule has 11 atom stereocenters. The minimum absolute atomic E-state index is 0.0627. The van der Waals surface area contributed by atoms with Gasteiger partial charge in [-0.05, 0) is 67.8 Å². The Morgan fingerprint density at radius 2 is 1.89 bits per heavy atom. The number of fused-ring (bicyclic) bond motifs is 3. The Kier molecular flexibility index (Phi) is 7.17. The summed E-state index contributed by atoms with van der Waals surface area (Å²) in [7, 11) is 0. The molecule has 8 heteroatoms. The van der Waals surface area contributed by atoms with E-state index in [0.717, 1.165) is 19.4 Å². The van der Waals surface area contributed by atoms with Crippen molar-refractivity contribution < 1.29 is 29.7 Å². The number of nitrogens with one attached hydrogen (secondary N) is 1. The third kappa shape index (κ3) is 4.40. The first kappa shape index (κ1) is 26.6. The van der Waals surface area contributed by atoms with Gasteiger partial charge in [0.25, 0.3) is 0 Å². The van der Waals surface area contributed by atoms with Crippen molar-refractivity contribution in [3.8, 4) is 0 Å². The van der Waals surface area contributed by atoms with Gasteiger partial charge in [-0.25, -0.2) is 0 Å². The van der Waals surface area contributed by atoms with Crippen LogP contribution in [0.2, 0.25) is 0 Å². The first-order valence-corrected chi connectivity index (χ1v) is 13.8. The molecule has 0 saturated heterocycles. The van der Waals surface area contributed by atoms with Crippen molar-refractivity contribution in [2.75, 3.05) is 6.54 Å². The molecule has 0 spiro atoms. The normalized spacial score (nSPS) is 44.2. The third-order valence-corrected chi connectivity index (χ3v) is 9.78. The predicted molar refractivity (Wildman–Crippen MR) is 137 cm³/mol. The highest BCUT2D eigenvalue weighted by Gasteiger charge is 2.64. The highest BCUT2D eigenvalue weighted by Crippen LogP contribution is 2.55. The third-order valence-electron chi connectivity index (χ3n) is 9.78. The van der Waals surface area contributed by atoms with Crippen molar-refractivity contribution in [1.29, 1.82) is 0 Å². The van der Waals surface area contributed by atoms with Crippen molar-refractivity contribution in [2.24, 2.45) is 53.1 Å². The number of ketones is 3. The SMILES string of the molecule is CC(C)NCC1C=CC(C2C=CC(=O)C3C(=O)C4C(O)[C@]5(O)C(=O)C(C(N)O)=CC[C@@H]5C[C@@H]4CC32)CC1. The number of hydrogen-bond acceptors (Lipinski definition) is 8. The second kappa shape index (κ2) is 9.97. The minimum Gasteiger partial charge on any atom is -0.389 e. The van der Waals surface area contributed by atoms with Crippen LogP contribution in [0.5, 0.6) is 0 Å². The summed E-state index contributed by atoms with van der Waals surface area (Å²) in [5.74, 6) is -3.46. The molecule has 0 aromatic rings. The second-order valence-corrected chi connectivity index (χ2v) is 12.2. The molecule has 0 bridgehead atoms. The van der Waals surface area contributed by atoms with Gasteiger partial charge in [0.05, 0.1) is 11.8 Å². The highest BCUT2D eigenvalue weighted by atomic mass is 16.4. The molecular formula is C29H40N2O6. The molecule has 0 heterocycles. The van der Waals surface area contributed by atoms with Gasteiger partial charge in [0.2, 0.25) is 0 Å². The number of nitrogens with two attached hydrogens (primary N) is 1. The van der Waals surface area contributed by atoms with Gasteiger partial charge < -0.3 is 26.4 Å². The van der Waals surface area contributed by atoms with E-state index in [-0.39, 0.29) is 47.2 Å². The summed E-state index contributed by atoms with van der Waals surface area (Å²) in [6.45, 7) is 5.21. The minimum atomic E-state index is -2.19. The maximum Gasteiger partial charge on any atom is 0.196 e. The highest BCUT2D eigenvalue weighted by molar-refractivity contribution is 6.11. The van der Waals surface area contributed by atoms with Crippen LogP contribution in [0.4, 0.5) is 0 Å². The van der Waals surface area contributed by atoms with Gasteiger partial charge >= 0.3 is 0 Å². The van der Waals surface area contributed by atoms with Gasteiger partial charge in [0.15, 0.2) is 17.2 Å². The first-order chi connectivity index (χ1) is 17.5. The number of aliphatic hydroxyl groups excluding tert-OH is 2. The number of carbonyl (C=O) groups is 3. The molecule has 0 aliphatic heterocycles. The largest absolute Gasteiger partial charge is 0.389 e. The van der Waals surface area contributed by atoms with E-state index in [1.165, 1.54) is 6.08 Å². The van der Waals surface area contributed by atoms with Crippen molar-refractivity contribution in [2.45, 2.75) is 69.9 Å². The molecule has 0 amide bonds. The molecule has 0 aromatic heterocycles. The zero-order valence-electron chi connectivity index (χ0n) is 21.6. The summed E-state index contributed by atoms with van der Waals surface area (Å²) in [4.78, 5) is 40.0. The van der Waals surface area contributed by atoms with Gasteiger partial charge in [-0.1, -0.05) is 38.2 Å². The van der Waals surface area contributed by atoms with Crippen LogP contribution >= 0.6 is 0 Å². The van der Waals surface area contributed by atoms with E-state index in [0.29, 0.717) is 24.8 Å². The number of carbonyl (C=O) groups excluding carboxylic acids is 3. The van der Waals surface area contributed by atoms with E-state index in [1.807, 2.05) is 6.08 Å². The number of allylic oxidation sites excluding steroid dienone is 4. The fraction of sp³-hybridized carbons (Fsp3) is 0.690. The number of hydrogen-bond donors (Lipinski definition) is 5. The zero-order valence-corrected chi connectivity index (χ0v) is 21.6. The van der Waals surface area contributed by atoms with E-state index in [9.17, 15) is 29.7 Å². The van der Waals surface area contributed by atoms with Gasteiger partial charge in [-0.2, -0.15) is 0 Å². The van der Waals surface area contributed by atoms with Gasteiger partial charge in [-0.3, -0.25) is 14.4 Å². The van der Waals surface area contributed by atoms with Crippen LogP contribution in [0, 0.1) is 47.3 Å². The van der Waals surface area contributed by atoms with Crippen LogP contribution in [0.15, 0.2) is 36.0 Å². The molecular weight excluding hydrogens is 472 g/mol. The van der Waals surface area contributed by atoms with Crippen LogP contribution in [-0.2, 0) is 14.4 Å². The second-order valence-electron chi connectivity index (χ2n) is 12.2. The van der Waals surface area contributed by atoms with Crippen molar-refractivity contribution in [3.05, 3.63) is 36.0 Å². The molecule has 0 aromatic carbocycles. The summed E-state index contributed by atoms with van der Waals surface area (Å²) in [5, 5.41) is 36.1. The topological polar surface area (TPSA) is 150 Å². The van der Waals surface area contributed by atoms with E-state index < -0.39 is 41.5 Å². The molecule has 2 saturated carbocycles. The Hall–Kier alpha value is -1.97. The lowest BCUT2D eigenvalue weighted by atomic mass is 9.50. The predicted octanol–water partition coefficient (Wildman–Crippen LogP) is 1.05. The van der Waals surface area contributed by atoms with E-state index in [1.54, 1.807) is 6.08 Å². The molecule has 6 N–H and O–H groups in total. The molecule has 8 unspecified atom stereocenters. The maximum absolute atomic E-state index is 13.8. The summed E-state index contributed by atoms with van der Waals surface area (Å²) < 4.78 is 0. The Morgan fingerprint density at radius 1 is 1.14 bits per heavy atom. The number of Topliss-reactive ketones (excluding diaryl/α,β-unsaturated/α-hetero) is 2. The molecule has 202 valence electrons. The monoisotopic (exact) mass is 512 g/mol. The molecule has 5 rings (SSSR count). The van der Waals surface area contributed by atoms with Crippen LogP contribution in [-0.4, -0.2) is 63.2 Å². The molecule has 2 fully saturated rings. The Balaban J connectivity index is 1.39. The quantitative estimate of drug-likeness (QED) is 0.208. The fourth-order valence-electron chi connectivity index (χ4n) is 7.86. The smallest absolute Gasteiger partial charge is 0.196 e. The summed E-state index contributed by atoms with van der Waals surface area (Å²) in [6.07, 6.45) is 9.69. The lowest BCUT2D eigenvalue weighted by Gasteiger charge is -2.55. The average molecular weight is 513 g/mol. The van der Waals surface area contributed by atoms with Crippen molar-refractivity contribution in [3.63, 3.8) is 0 Å². The van der Waals surface area contributed by atoms with E-state index in [4.69, 9.17) is 5.73 Å². The van der Waals surface area contributed by atoms with E-state index >= 15 is 0 Å². The fourth-order valence-corrected chi connectivity index (χ4v) is 7.86. The molecule has 8 nitrogen and oxygen atoms in total. The van der Waals surface area contributed by atoms with Crippen LogP contribution in [0.3, 0.4) is 0 Å². The maximum atomic E-state index is 13.8. The summed E-state index contributed by atoms with van der Waals surface area (Å²) >= 11 is 0. The number of aliphatic hydroxyl groups is 3. The number of rotatable bonds is 5. The Morgan fingerprint density at radius 3 is 2.54 bits per heavy atom. The molecule has 0 radical (unpaired) electrons. The lowest BCUT2D eigenvalue weighted by molar-refractivity contribution is -0.196. The first-order valence-electron chi connectivity index (χ1n) is 13.8. The standard InChI is InChI=1S/C29H40N2O6/c1-14(2)31-13-15-3-5-16(6-4-15)19-9-10-22(32)24-21(19)12-17-11-18-7-8-20(28(30)36)26(34)29(18,37)27(35)23(17)25(24)33/h3,5,8-10,14-19,21,23-24,27-28,31,35-37H,4,6-7,11-13,30H2,1-2H3/t15?,16?,17-,18-,19?,21?,23?,24?,27?,28?,29-/m1/s1. The van der Waals surface area contributed by atoms with E-state index in [2.05, 4.69) is 31.3 Å². The van der Waals surface area contributed by atoms with Gasteiger partial charge in [-0.15, -0.1) is 0 Å². The van der Waals surface area contributed by atoms with Crippen LogP contribution in [0.1, 0.15) is 46.0 Å².